The van der Waals surface area contributed by atoms with Crippen molar-refractivity contribution in [1.29, 1.82) is 0 Å². The van der Waals surface area contributed by atoms with Crippen molar-refractivity contribution in [3.63, 3.8) is 0 Å². The van der Waals surface area contributed by atoms with E-state index in [-0.39, 0.29) is 17.9 Å². The maximum atomic E-state index is 12.6. The van der Waals surface area contributed by atoms with Gasteiger partial charge in [0, 0.05) is 6.07 Å². The lowest BCUT2D eigenvalue weighted by Gasteiger charge is -2.12. The molecule has 3 aromatic rings. The van der Waals surface area contributed by atoms with E-state index in [0.717, 1.165) is 12.1 Å². The summed E-state index contributed by atoms with van der Waals surface area (Å²) in [4.78, 5) is 11.2. The number of carbonyl (C=O) groups is 1. The van der Waals surface area contributed by atoms with Crippen LogP contribution >= 0.6 is 0 Å². The first kappa shape index (κ1) is 22.7. The van der Waals surface area contributed by atoms with Crippen molar-refractivity contribution in [2.24, 2.45) is 0 Å². The fraction of sp³-hybridized carbons (Fsp3) is 0.125. The molecule has 0 saturated carbocycles. The number of benzene rings is 3. The highest BCUT2D eigenvalue weighted by Crippen LogP contribution is 2.34. The first-order chi connectivity index (χ1) is 15.3. The summed E-state index contributed by atoms with van der Waals surface area (Å²) < 4.78 is 54.4. The second-order valence-corrected chi connectivity index (χ2v) is 6.58. The predicted molar refractivity (Wildman–Crippen MR) is 112 cm³/mol. The van der Waals surface area contributed by atoms with E-state index in [4.69, 9.17) is 19.3 Å². The summed E-state index contributed by atoms with van der Waals surface area (Å²) in [5.74, 6) is 0.435. The quantitative estimate of drug-likeness (QED) is 0.442. The van der Waals surface area contributed by atoms with E-state index in [1.165, 1.54) is 37.4 Å². The zero-order chi connectivity index (χ0) is 23.1. The van der Waals surface area contributed by atoms with E-state index in [0.29, 0.717) is 22.8 Å². The van der Waals surface area contributed by atoms with Gasteiger partial charge in [-0.3, -0.25) is 0 Å². The Morgan fingerprint density at radius 1 is 0.969 bits per heavy atom. The van der Waals surface area contributed by atoms with Crippen molar-refractivity contribution in [2.75, 3.05) is 13.7 Å². The number of rotatable bonds is 8. The van der Waals surface area contributed by atoms with Gasteiger partial charge in [-0.2, -0.15) is 13.2 Å². The van der Waals surface area contributed by atoms with E-state index in [2.05, 4.69) is 0 Å². The maximum absolute atomic E-state index is 12.6. The molecular formula is C24H19F3O5. The van der Waals surface area contributed by atoms with Crippen molar-refractivity contribution in [3.05, 3.63) is 89.5 Å². The molecule has 0 radical (unpaired) electrons. The minimum absolute atomic E-state index is 0.0570. The molecule has 0 spiro atoms. The van der Waals surface area contributed by atoms with Crippen LogP contribution in [0.3, 0.4) is 0 Å². The van der Waals surface area contributed by atoms with E-state index >= 15 is 0 Å². The molecule has 0 bridgehead atoms. The number of aromatic carboxylic acids is 1. The molecule has 32 heavy (non-hydrogen) atoms. The van der Waals surface area contributed by atoms with Crippen LogP contribution < -0.4 is 14.2 Å². The third-order valence-electron chi connectivity index (χ3n) is 4.34. The largest absolute Gasteiger partial charge is 0.493 e. The predicted octanol–water partition coefficient (Wildman–Crippen LogP) is 6.30. The summed E-state index contributed by atoms with van der Waals surface area (Å²) in [7, 11) is 1.45. The molecule has 0 aliphatic heterocycles. The summed E-state index contributed by atoms with van der Waals surface area (Å²) in [5.41, 5.74) is -0.0288. The van der Waals surface area contributed by atoms with Gasteiger partial charge < -0.3 is 19.3 Å². The second-order valence-electron chi connectivity index (χ2n) is 6.58. The number of carboxylic acid groups (broad SMARTS) is 1. The first-order valence-corrected chi connectivity index (χ1v) is 9.42. The Labute approximate surface area is 182 Å². The minimum Gasteiger partial charge on any atom is -0.493 e. The molecule has 0 saturated heterocycles. The van der Waals surface area contributed by atoms with Gasteiger partial charge in [0.05, 0.1) is 18.2 Å². The molecule has 166 valence electrons. The van der Waals surface area contributed by atoms with Crippen LogP contribution in [0.2, 0.25) is 0 Å². The summed E-state index contributed by atoms with van der Waals surface area (Å²) >= 11 is 0. The molecule has 0 amide bonds. The molecule has 8 heteroatoms. The Bertz CT molecular complexity index is 1110. The SMILES string of the molecule is COc1ccc(C(=O)O)cc1Oc1cccc(OCC=Cc2ccc(C(F)(F)F)cc2)c1. The van der Waals surface area contributed by atoms with Crippen LogP contribution in [-0.4, -0.2) is 24.8 Å². The molecule has 0 fully saturated rings. The molecule has 0 aliphatic rings. The van der Waals surface area contributed by atoms with Gasteiger partial charge in [-0.1, -0.05) is 24.3 Å². The lowest BCUT2D eigenvalue weighted by Crippen LogP contribution is -2.03. The topological polar surface area (TPSA) is 65.0 Å². The van der Waals surface area contributed by atoms with Gasteiger partial charge in [0.1, 0.15) is 18.1 Å². The summed E-state index contributed by atoms with van der Waals surface area (Å²) in [5, 5.41) is 9.16. The Morgan fingerprint density at radius 2 is 1.69 bits per heavy atom. The zero-order valence-electron chi connectivity index (χ0n) is 16.9. The Hall–Kier alpha value is -3.94. The monoisotopic (exact) mass is 444 g/mol. The van der Waals surface area contributed by atoms with E-state index < -0.39 is 17.7 Å². The van der Waals surface area contributed by atoms with Crippen LogP contribution in [0, 0.1) is 0 Å². The van der Waals surface area contributed by atoms with Crippen molar-refractivity contribution in [1.82, 2.24) is 0 Å². The van der Waals surface area contributed by atoms with Crippen LogP contribution in [0.5, 0.6) is 23.0 Å². The lowest BCUT2D eigenvalue weighted by molar-refractivity contribution is -0.137. The molecule has 3 aromatic carbocycles. The third kappa shape index (κ3) is 6.04. The standard InChI is InChI=1S/C24H19F3O5/c1-30-21-12-9-17(23(28)29)14-22(21)32-20-6-2-5-19(15-20)31-13-3-4-16-7-10-18(11-8-16)24(25,26)27/h2-12,14-15H,13H2,1H3,(H,28,29). The van der Waals surface area contributed by atoms with Crippen molar-refractivity contribution in [2.45, 2.75) is 6.18 Å². The number of hydrogen-bond donors (Lipinski definition) is 1. The molecular weight excluding hydrogens is 425 g/mol. The van der Waals surface area contributed by atoms with Crippen LogP contribution in [0.25, 0.3) is 6.08 Å². The average molecular weight is 444 g/mol. The van der Waals surface area contributed by atoms with Crippen LogP contribution in [0.1, 0.15) is 21.5 Å². The molecule has 3 rings (SSSR count). The van der Waals surface area contributed by atoms with Crippen LogP contribution in [0.15, 0.2) is 72.8 Å². The highest BCUT2D eigenvalue weighted by molar-refractivity contribution is 5.88. The fourth-order valence-corrected chi connectivity index (χ4v) is 2.76. The summed E-state index contributed by atoms with van der Waals surface area (Å²) in [6.07, 6.45) is -1.03. The molecule has 0 atom stereocenters. The summed E-state index contributed by atoms with van der Waals surface area (Å²) in [6.45, 7) is 0.183. The maximum Gasteiger partial charge on any atom is 0.416 e. The Morgan fingerprint density at radius 3 is 2.34 bits per heavy atom. The van der Waals surface area contributed by atoms with Gasteiger partial charge in [0.2, 0.25) is 0 Å². The first-order valence-electron chi connectivity index (χ1n) is 9.42. The number of ether oxygens (including phenoxy) is 3. The zero-order valence-corrected chi connectivity index (χ0v) is 16.9. The third-order valence-corrected chi connectivity index (χ3v) is 4.34. The van der Waals surface area contributed by atoms with Gasteiger partial charge in [-0.05, 0) is 54.1 Å². The Kier molecular flexibility index (Phi) is 7.04. The average Bonchev–Trinajstić information content (AvgIpc) is 2.76. The van der Waals surface area contributed by atoms with Crippen LogP contribution in [-0.2, 0) is 6.18 Å². The van der Waals surface area contributed by atoms with E-state index in [1.807, 2.05) is 0 Å². The van der Waals surface area contributed by atoms with Gasteiger partial charge in [-0.25, -0.2) is 4.79 Å². The van der Waals surface area contributed by atoms with Gasteiger partial charge >= 0.3 is 12.1 Å². The molecule has 0 unspecified atom stereocenters. The molecule has 0 aliphatic carbocycles. The second kappa shape index (κ2) is 9.91. The molecule has 0 aromatic heterocycles. The highest BCUT2D eigenvalue weighted by Gasteiger charge is 2.29. The van der Waals surface area contributed by atoms with Crippen molar-refractivity contribution in [3.8, 4) is 23.0 Å². The van der Waals surface area contributed by atoms with Gasteiger partial charge in [0.15, 0.2) is 11.5 Å². The minimum atomic E-state index is -4.36. The smallest absolute Gasteiger partial charge is 0.416 e. The summed E-state index contributed by atoms with van der Waals surface area (Å²) in [6, 6.07) is 15.8. The number of methoxy groups -OCH3 is 1. The van der Waals surface area contributed by atoms with Crippen LogP contribution in [0.4, 0.5) is 13.2 Å². The number of halogens is 3. The van der Waals surface area contributed by atoms with E-state index in [1.54, 1.807) is 36.4 Å². The highest BCUT2D eigenvalue weighted by atomic mass is 19.4. The lowest BCUT2D eigenvalue weighted by atomic mass is 10.1. The van der Waals surface area contributed by atoms with Gasteiger partial charge in [0.25, 0.3) is 0 Å². The molecule has 1 N–H and O–H groups in total. The number of alkyl halides is 3. The van der Waals surface area contributed by atoms with Crippen molar-refractivity contribution < 1.29 is 37.3 Å². The number of hydrogen-bond acceptors (Lipinski definition) is 4. The number of carboxylic acids is 1. The fourth-order valence-electron chi connectivity index (χ4n) is 2.76. The van der Waals surface area contributed by atoms with Gasteiger partial charge in [-0.15, -0.1) is 0 Å². The van der Waals surface area contributed by atoms with Crippen molar-refractivity contribution >= 4 is 12.0 Å². The molecule has 0 heterocycles. The van der Waals surface area contributed by atoms with E-state index in [9.17, 15) is 18.0 Å². The molecule has 5 nitrogen and oxygen atoms in total. The normalized spacial score (nSPS) is 11.4. The Balaban J connectivity index is 1.63.